The van der Waals surface area contributed by atoms with Gasteiger partial charge in [0.1, 0.15) is 11.2 Å². The minimum atomic E-state index is -1.11. The van der Waals surface area contributed by atoms with Crippen molar-refractivity contribution < 1.29 is 14.3 Å². The number of carbonyl (C=O) groups excluding carboxylic acids is 2. The van der Waals surface area contributed by atoms with Gasteiger partial charge in [0.25, 0.3) is 0 Å². The standard InChI is InChI=1S/C18H26N2O3/c1-13-8-9-15(23-4)14(12-13)19-16(21)18(2,3)17(22)20-10-6-5-7-11-20/h8-9,12H,5-7,10-11H2,1-4H3,(H,19,21). The highest BCUT2D eigenvalue weighted by Gasteiger charge is 2.39. The van der Waals surface area contributed by atoms with Crippen LogP contribution in [0.5, 0.6) is 5.75 Å². The summed E-state index contributed by atoms with van der Waals surface area (Å²) >= 11 is 0. The number of aryl methyl sites for hydroxylation is 1. The molecule has 1 fully saturated rings. The Morgan fingerprint density at radius 3 is 2.43 bits per heavy atom. The molecule has 0 unspecified atom stereocenters. The van der Waals surface area contributed by atoms with E-state index in [9.17, 15) is 9.59 Å². The molecule has 1 aliphatic rings. The van der Waals surface area contributed by atoms with Crippen molar-refractivity contribution in [2.75, 3.05) is 25.5 Å². The smallest absolute Gasteiger partial charge is 0.239 e. The molecule has 1 N–H and O–H groups in total. The third-order valence-corrected chi connectivity index (χ3v) is 4.35. The summed E-state index contributed by atoms with van der Waals surface area (Å²) in [4.78, 5) is 27.2. The Balaban J connectivity index is 2.15. The van der Waals surface area contributed by atoms with Gasteiger partial charge in [0, 0.05) is 13.1 Å². The maximum absolute atomic E-state index is 12.7. The van der Waals surface area contributed by atoms with Crippen molar-refractivity contribution in [1.82, 2.24) is 4.90 Å². The van der Waals surface area contributed by atoms with E-state index in [1.165, 1.54) is 0 Å². The van der Waals surface area contributed by atoms with E-state index in [4.69, 9.17) is 4.74 Å². The zero-order chi connectivity index (χ0) is 17.0. The van der Waals surface area contributed by atoms with Crippen LogP contribution in [0.15, 0.2) is 18.2 Å². The van der Waals surface area contributed by atoms with Gasteiger partial charge in [0.2, 0.25) is 11.8 Å². The van der Waals surface area contributed by atoms with Gasteiger partial charge in [0.15, 0.2) is 0 Å². The Labute approximate surface area is 138 Å². The predicted molar refractivity (Wildman–Crippen MR) is 90.6 cm³/mol. The Hall–Kier alpha value is -2.04. The lowest BCUT2D eigenvalue weighted by Crippen LogP contribution is -2.49. The second-order valence-electron chi connectivity index (χ2n) is 6.64. The summed E-state index contributed by atoms with van der Waals surface area (Å²) < 4.78 is 5.28. The van der Waals surface area contributed by atoms with Crippen LogP contribution < -0.4 is 10.1 Å². The van der Waals surface area contributed by atoms with Crippen LogP contribution in [0.25, 0.3) is 0 Å². The Morgan fingerprint density at radius 2 is 1.83 bits per heavy atom. The number of nitrogens with one attached hydrogen (secondary N) is 1. The number of hydrogen-bond donors (Lipinski definition) is 1. The van der Waals surface area contributed by atoms with Gasteiger partial charge < -0.3 is 15.0 Å². The monoisotopic (exact) mass is 318 g/mol. The molecule has 5 heteroatoms. The van der Waals surface area contributed by atoms with E-state index in [1.807, 2.05) is 25.1 Å². The second kappa shape index (κ2) is 7.02. The largest absolute Gasteiger partial charge is 0.495 e. The van der Waals surface area contributed by atoms with Crippen molar-refractivity contribution in [1.29, 1.82) is 0 Å². The van der Waals surface area contributed by atoms with Crippen molar-refractivity contribution in [2.24, 2.45) is 5.41 Å². The lowest BCUT2D eigenvalue weighted by Gasteiger charge is -2.33. The molecule has 1 aromatic rings. The molecule has 23 heavy (non-hydrogen) atoms. The molecule has 126 valence electrons. The molecule has 1 aromatic carbocycles. The van der Waals surface area contributed by atoms with Gasteiger partial charge in [-0.1, -0.05) is 6.07 Å². The number of nitrogens with zero attached hydrogens (tertiary/aromatic N) is 1. The van der Waals surface area contributed by atoms with Gasteiger partial charge in [0.05, 0.1) is 12.8 Å². The molecular formula is C18H26N2O3. The first-order valence-electron chi connectivity index (χ1n) is 8.11. The average molecular weight is 318 g/mol. The number of amides is 2. The third kappa shape index (κ3) is 3.84. The van der Waals surface area contributed by atoms with Crippen LogP contribution in [0.3, 0.4) is 0 Å². The van der Waals surface area contributed by atoms with Crippen LogP contribution in [-0.2, 0) is 9.59 Å². The number of methoxy groups -OCH3 is 1. The zero-order valence-electron chi connectivity index (χ0n) is 14.4. The van der Waals surface area contributed by atoms with Gasteiger partial charge in [-0.25, -0.2) is 0 Å². The number of benzene rings is 1. The van der Waals surface area contributed by atoms with Gasteiger partial charge in [-0.15, -0.1) is 0 Å². The fourth-order valence-corrected chi connectivity index (χ4v) is 2.79. The SMILES string of the molecule is COc1ccc(C)cc1NC(=O)C(C)(C)C(=O)N1CCCCC1. The first-order valence-corrected chi connectivity index (χ1v) is 8.11. The number of likely N-dealkylation sites (tertiary alicyclic amines) is 1. The predicted octanol–water partition coefficient (Wildman–Crippen LogP) is 2.98. The Morgan fingerprint density at radius 1 is 1.17 bits per heavy atom. The van der Waals surface area contributed by atoms with Crippen LogP contribution in [0.4, 0.5) is 5.69 Å². The second-order valence-corrected chi connectivity index (χ2v) is 6.64. The summed E-state index contributed by atoms with van der Waals surface area (Å²) in [6.07, 6.45) is 3.17. The maximum atomic E-state index is 12.7. The molecule has 5 nitrogen and oxygen atoms in total. The number of carbonyl (C=O) groups is 2. The molecule has 0 spiro atoms. The summed E-state index contributed by atoms with van der Waals surface area (Å²) in [6.45, 7) is 6.79. The van der Waals surface area contributed by atoms with E-state index in [1.54, 1.807) is 25.9 Å². The van der Waals surface area contributed by atoms with Gasteiger partial charge >= 0.3 is 0 Å². The fraction of sp³-hybridized carbons (Fsp3) is 0.556. The summed E-state index contributed by atoms with van der Waals surface area (Å²) in [5.41, 5.74) is 0.504. The van der Waals surface area contributed by atoms with E-state index >= 15 is 0 Å². The van der Waals surface area contributed by atoms with Crippen molar-refractivity contribution in [3.8, 4) is 5.75 Å². The zero-order valence-corrected chi connectivity index (χ0v) is 14.4. The van der Waals surface area contributed by atoms with E-state index in [-0.39, 0.29) is 11.8 Å². The van der Waals surface area contributed by atoms with Crippen molar-refractivity contribution in [3.63, 3.8) is 0 Å². The lowest BCUT2D eigenvalue weighted by atomic mass is 9.89. The van der Waals surface area contributed by atoms with E-state index in [0.717, 1.165) is 37.9 Å². The van der Waals surface area contributed by atoms with Crippen LogP contribution in [0, 0.1) is 12.3 Å². The fourth-order valence-electron chi connectivity index (χ4n) is 2.79. The van der Waals surface area contributed by atoms with Crippen molar-refractivity contribution >= 4 is 17.5 Å². The van der Waals surface area contributed by atoms with E-state index < -0.39 is 5.41 Å². The molecule has 2 rings (SSSR count). The Kier molecular flexibility index (Phi) is 5.29. The van der Waals surface area contributed by atoms with Crippen LogP contribution >= 0.6 is 0 Å². The third-order valence-electron chi connectivity index (χ3n) is 4.35. The number of hydrogen-bond acceptors (Lipinski definition) is 3. The normalized spacial score (nSPS) is 15.2. The number of piperidine rings is 1. The molecule has 0 atom stereocenters. The highest BCUT2D eigenvalue weighted by atomic mass is 16.5. The number of ether oxygens (including phenoxy) is 1. The average Bonchev–Trinajstić information content (AvgIpc) is 2.55. The molecule has 0 saturated carbocycles. The minimum absolute atomic E-state index is 0.110. The van der Waals surface area contributed by atoms with E-state index in [2.05, 4.69) is 5.32 Å². The highest BCUT2D eigenvalue weighted by Crippen LogP contribution is 2.29. The quantitative estimate of drug-likeness (QED) is 0.868. The first kappa shape index (κ1) is 17.3. The molecule has 0 bridgehead atoms. The van der Waals surface area contributed by atoms with Crippen LogP contribution in [0.2, 0.25) is 0 Å². The first-order chi connectivity index (χ1) is 10.9. The van der Waals surface area contributed by atoms with Crippen LogP contribution in [-0.4, -0.2) is 36.9 Å². The summed E-state index contributed by atoms with van der Waals surface area (Å²) in [6, 6.07) is 5.57. The van der Waals surface area contributed by atoms with Crippen molar-refractivity contribution in [3.05, 3.63) is 23.8 Å². The molecule has 1 heterocycles. The van der Waals surface area contributed by atoms with Gasteiger partial charge in [-0.3, -0.25) is 9.59 Å². The molecule has 1 aliphatic heterocycles. The summed E-state index contributed by atoms with van der Waals surface area (Å²) in [5.74, 6) is 0.170. The van der Waals surface area contributed by atoms with Crippen LogP contribution in [0.1, 0.15) is 38.7 Å². The summed E-state index contributed by atoms with van der Waals surface area (Å²) in [5, 5.41) is 2.85. The molecule has 1 saturated heterocycles. The minimum Gasteiger partial charge on any atom is -0.495 e. The topological polar surface area (TPSA) is 58.6 Å². The molecule has 0 radical (unpaired) electrons. The summed E-state index contributed by atoms with van der Waals surface area (Å²) in [7, 11) is 1.56. The number of rotatable bonds is 4. The molecular weight excluding hydrogens is 292 g/mol. The Bertz CT molecular complexity index is 590. The molecule has 0 aliphatic carbocycles. The van der Waals surface area contributed by atoms with E-state index in [0.29, 0.717) is 11.4 Å². The van der Waals surface area contributed by atoms with Gasteiger partial charge in [-0.05, 0) is 57.7 Å². The molecule has 2 amide bonds. The highest BCUT2D eigenvalue weighted by molar-refractivity contribution is 6.10. The maximum Gasteiger partial charge on any atom is 0.239 e. The molecule has 0 aromatic heterocycles. The lowest BCUT2D eigenvalue weighted by molar-refractivity contribution is -0.147. The number of anilines is 1. The van der Waals surface area contributed by atoms with Gasteiger partial charge in [-0.2, -0.15) is 0 Å². The van der Waals surface area contributed by atoms with Crippen molar-refractivity contribution in [2.45, 2.75) is 40.0 Å².